The van der Waals surface area contributed by atoms with Gasteiger partial charge in [-0.05, 0) is 30.9 Å². The fourth-order valence-electron chi connectivity index (χ4n) is 2.64. The van der Waals surface area contributed by atoms with E-state index in [9.17, 15) is 5.26 Å². The predicted molar refractivity (Wildman–Crippen MR) is 72.5 cm³/mol. The van der Waals surface area contributed by atoms with Crippen molar-refractivity contribution in [3.05, 3.63) is 46.0 Å². The molecule has 18 heavy (non-hydrogen) atoms. The number of nitrogen functional groups attached to an aromatic ring is 1. The zero-order valence-electron chi connectivity index (χ0n) is 9.89. The average Bonchev–Trinajstić information content (AvgIpc) is 2.78. The van der Waals surface area contributed by atoms with E-state index in [-0.39, 0.29) is 0 Å². The highest BCUT2D eigenvalue weighted by Crippen LogP contribution is 2.41. The van der Waals surface area contributed by atoms with Gasteiger partial charge in [-0.25, -0.2) is 4.98 Å². The third-order valence-electron chi connectivity index (χ3n) is 3.42. The van der Waals surface area contributed by atoms with Crippen molar-refractivity contribution in [1.82, 2.24) is 4.98 Å². The first-order valence-electron chi connectivity index (χ1n) is 6.03. The number of benzene rings is 1. The van der Waals surface area contributed by atoms with Gasteiger partial charge in [-0.15, -0.1) is 11.3 Å². The van der Waals surface area contributed by atoms with Crippen LogP contribution in [0.4, 0.5) is 5.13 Å². The second-order valence-electron chi connectivity index (χ2n) is 4.51. The molecule has 0 spiro atoms. The molecule has 0 amide bonds. The summed E-state index contributed by atoms with van der Waals surface area (Å²) in [5.41, 5.74) is 8.82. The number of rotatable bonds is 1. The van der Waals surface area contributed by atoms with E-state index >= 15 is 0 Å². The van der Waals surface area contributed by atoms with Gasteiger partial charge >= 0.3 is 0 Å². The van der Waals surface area contributed by atoms with E-state index in [4.69, 9.17) is 5.73 Å². The maximum Gasteiger partial charge on any atom is 0.180 e. The van der Waals surface area contributed by atoms with Crippen LogP contribution in [0.3, 0.4) is 0 Å². The van der Waals surface area contributed by atoms with Crippen LogP contribution in [0.25, 0.3) is 0 Å². The number of nitrogens with zero attached hydrogens (tertiary/aromatic N) is 2. The second kappa shape index (κ2) is 4.43. The number of hydrogen-bond acceptors (Lipinski definition) is 4. The normalized spacial score (nSPS) is 18.1. The molecule has 2 N–H and O–H groups in total. The van der Waals surface area contributed by atoms with Gasteiger partial charge in [0.05, 0.1) is 17.3 Å². The van der Waals surface area contributed by atoms with Gasteiger partial charge in [-0.1, -0.05) is 18.2 Å². The highest BCUT2D eigenvalue weighted by Gasteiger charge is 2.26. The molecule has 90 valence electrons. The Balaban J connectivity index is 2.11. The minimum absolute atomic E-state index is 0.291. The first-order valence-corrected chi connectivity index (χ1v) is 6.85. The Labute approximate surface area is 110 Å². The van der Waals surface area contributed by atoms with E-state index in [0.717, 1.165) is 36.1 Å². The van der Waals surface area contributed by atoms with Crippen molar-refractivity contribution in [2.45, 2.75) is 25.2 Å². The molecule has 3 rings (SSSR count). The molecule has 3 nitrogen and oxygen atoms in total. The number of aromatic nitrogens is 1. The smallest absolute Gasteiger partial charge is 0.180 e. The summed E-state index contributed by atoms with van der Waals surface area (Å²) >= 11 is 1.57. The van der Waals surface area contributed by atoms with Crippen LogP contribution in [0.15, 0.2) is 24.3 Å². The van der Waals surface area contributed by atoms with Crippen molar-refractivity contribution in [2.75, 3.05) is 5.73 Å². The van der Waals surface area contributed by atoms with E-state index < -0.39 is 0 Å². The summed E-state index contributed by atoms with van der Waals surface area (Å²) in [6, 6.07) is 10.1. The van der Waals surface area contributed by atoms with Crippen LogP contribution in [0.5, 0.6) is 0 Å². The average molecular weight is 255 g/mol. The molecule has 1 aliphatic rings. The van der Waals surface area contributed by atoms with Crippen LogP contribution in [0, 0.1) is 11.3 Å². The van der Waals surface area contributed by atoms with Gasteiger partial charge in [-0.2, -0.15) is 5.26 Å². The van der Waals surface area contributed by atoms with Crippen LogP contribution < -0.4 is 5.73 Å². The number of nitriles is 1. The van der Waals surface area contributed by atoms with Crippen LogP contribution in [-0.2, 0) is 6.42 Å². The number of anilines is 1. The van der Waals surface area contributed by atoms with Crippen LogP contribution in [0.2, 0.25) is 0 Å². The molecule has 1 atom stereocenters. The Morgan fingerprint density at radius 1 is 1.39 bits per heavy atom. The van der Waals surface area contributed by atoms with Crippen LogP contribution in [0.1, 0.15) is 40.5 Å². The van der Waals surface area contributed by atoms with Gasteiger partial charge < -0.3 is 5.73 Å². The molecule has 2 aromatic rings. The SMILES string of the molecule is N#Cc1ccccc1C1CCCc2nc(N)sc21. The molecule has 0 bridgehead atoms. The molecule has 0 saturated heterocycles. The van der Waals surface area contributed by atoms with E-state index in [1.807, 2.05) is 24.3 Å². The van der Waals surface area contributed by atoms with Gasteiger partial charge in [0, 0.05) is 10.8 Å². The number of hydrogen-bond donors (Lipinski definition) is 1. The van der Waals surface area contributed by atoms with E-state index in [0.29, 0.717) is 11.0 Å². The zero-order valence-corrected chi connectivity index (χ0v) is 10.7. The number of aryl methyl sites for hydroxylation is 1. The molecule has 1 aliphatic carbocycles. The van der Waals surface area contributed by atoms with E-state index in [1.165, 1.54) is 4.88 Å². The first-order chi connectivity index (χ1) is 8.79. The van der Waals surface area contributed by atoms with Crippen molar-refractivity contribution in [1.29, 1.82) is 5.26 Å². The van der Waals surface area contributed by atoms with Crippen molar-refractivity contribution in [3.8, 4) is 6.07 Å². The fraction of sp³-hybridized carbons (Fsp3) is 0.286. The van der Waals surface area contributed by atoms with Crippen LogP contribution in [-0.4, -0.2) is 4.98 Å². The molecule has 0 radical (unpaired) electrons. The summed E-state index contributed by atoms with van der Waals surface area (Å²) in [7, 11) is 0. The lowest BCUT2D eigenvalue weighted by Gasteiger charge is -2.22. The lowest BCUT2D eigenvalue weighted by atomic mass is 9.84. The molecule has 0 aliphatic heterocycles. The van der Waals surface area contributed by atoms with Gasteiger partial charge in [0.25, 0.3) is 0 Å². The van der Waals surface area contributed by atoms with Gasteiger partial charge in [0.15, 0.2) is 5.13 Å². The highest BCUT2D eigenvalue weighted by atomic mass is 32.1. The number of fused-ring (bicyclic) bond motifs is 1. The van der Waals surface area contributed by atoms with Gasteiger partial charge in [0.1, 0.15) is 0 Å². The third kappa shape index (κ3) is 1.77. The Hall–Kier alpha value is -1.86. The minimum Gasteiger partial charge on any atom is -0.375 e. The first kappa shape index (κ1) is 11.2. The summed E-state index contributed by atoms with van der Waals surface area (Å²) in [6.45, 7) is 0. The molecular weight excluding hydrogens is 242 g/mol. The van der Waals surface area contributed by atoms with Crippen molar-refractivity contribution < 1.29 is 0 Å². The molecule has 1 unspecified atom stereocenters. The van der Waals surface area contributed by atoms with Gasteiger partial charge in [-0.3, -0.25) is 0 Å². The molecule has 1 aromatic heterocycles. The molecule has 1 heterocycles. The summed E-state index contributed by atoms with van der Waals surface area (Å²) in [6.07, 6.45) is 3.20. The molecule has 4 heteroatoms. The largest absolute Gasteiger partial charge is 0.375 e. The van der Waals surface area contributed by atoms with Crippen molar-refractivity contribution in [3.63, 3.8) is 0 Å². The second-order valence-corrected chi connectivity index (χ2v) is 5.57. The molecular formula is C14H13N3S. The Bertz CT molecular complexity index is 624. The summed E-state index contributed by atoms with van der Waals surface area (Å²) < 4.78 is 0. The topological polar surface area (TPSA) is 62.7 Å². The summed E-state index contributed by atoms with van der Waals surface area (Å²) in [5.74, 6) is 0.291. The minimum atomic E-state index is 0.291. The molecule has 0 fully saturated rings. The Morgan fingerprint density at radius 2 is 2.22 bits per heavy atom. The maximum atomic E-state index is 9.22. The molecule has 1 aromatic carbocycles. The lowest BCUT2D eigenvalue weighted by molar-refractivity contribution is 0.616. The number of nitrogens with two attached hydrogens (primary N) is 1. The Morgan fingerprint density at radius 3 is 3.06 bits per heavy atom. The van der Waals surface area contributed by atoms with Crippen molar-refractivity contribution in [2.24, 2.45) is 0 Å². The summed E-state index contributed by atoms with van der Waals surface area (Å²) in [5, 5.41) is 9.86. The predicted octanol–water partition coefficient (Wildman–Crippen LogP) is 3.07. The Kier molecular flexibility index (Phi) is 2.77. The molecule has 0 saturated carbocycles. The standard InChI is InChI=1S/C14H13N3S/c15-8-9-4-1-2-5-10(9)11-6-3-7-12-13(11)18-14(16)17-12/h1-2,4-5,11H,3,6-7H2,(H2,16,17). The monoisotopic (exact) mass is 255 g/mol. The third-order valence-corrected chi connectivity index (χ3v) is 4.46. The lowest BCUT2D eigenvalue weighted by Crippen LogP contribution is -2.10. The maximum absolute atomic E-state index is 9.22. The fourth-order valence-corrected chi connectivity index (χ4v) is 3.67. The number of thiazole rings is 1. The van der Waals surface area contributed by atoms with Gasteiger partial charge in [0.2, 0.25) is 0 Å². The van der Waals surface area contributed by atoms with E-state index in [1.54, 1.807) is 11.3 Å². The summed E-state index contributed by atoms with van der Waals surface area (Å²) in [4.78, 5) is 5.65. The van der Waals surface area contributed by atoms with Crippen molar-refractivity contribution >= 4 is 16.5 Å². The van der Waals surface area contributed by atoms with E-state index in [2.05, 4.69) is 11.1 Å². The van der Waals surface area contributed by atoms with Crippen LogP contribution >= 0.6 is 11.3 Å². The highest BCUT2D eigenvalue weighted by molar-refractivity contribution is 7.15. The quantitative estimate of drug-likeness (QED) is 0.851. The zero-order chi connectivity index (χ0) is 12.5.